The first kappa shape index (κ1) is 32.0. The molecule has 0 aliphatic carbocycles. The first-order valence-electron chi connectivity index (χ1n) is 12.6. The molecule has 0 aromatic heterocycles. The van der Waals surface area contributed by atoms with E-state index in [0.717, 1.165) is 17.2 Å². The van der Waals surface area contributed by atoms with Gasteiger partial charge in [-0.25, -0.2) is 0 Å². The molecule has 2 N–H and O–H groups in total. The van der Waals surface area contributed by atoms with Crippen molar-refractivity contribution in [2.45, 2.75) is 19.5 Å². The van der Waals surface area contributed by atoms with Crippen LogP contribution in [0, 0.1) is 20.2 Å². The summed E-state index contributed by atoms with van der Waals surface area (Å²) in [4.78, 5) is 31.4. The summed E-state index contributed by atoms with van der Waals surface area (Å²) in [5, 5.41) is 42.0. The van der Waals surface area contributed by atoms with Crippen LogP contribution in [0.1, 0.15) is 33.3 Å². The molecule has 0 bridgehead atoms. The normalized spacial score (nSPS) is 10.4. The summed E-state index contributed by atoms with van der Waals surface area (Å²) in [6, 6.07) is 23.6. The molecule has 0 heterocycles. The number of nitro benzene ring substituents is 2. The summed E-state index contributed by atoms with van der Waals surface area (Å²) in [5.41, 5.74) is 0.554. The molecule has 0 radical (unpaired) electrons. The zero-order valence-corrected chi connectivity index (χ0v) is 23.1. The molecule has 4 rings (SSSR count). The van der Waals surface area contributed by atoms with Gasteiger partial charge in [0.15, 0.2) is 35.6 Å². The van der Waals surface area contributed by atoms with Gasteiger partial charge in [-0.3, -0.25) is 25.0 Å². The van der Waals surface area contributed by atoms with E-state index < -0.39 is 27.6 Å². The maximum absolute atomic E-state index is 11.1. The van der Waals surface area contributed by atoms with Crippen LogP contribution in [-0.2, 0) is 22.7 Å². The number of ether oxygens (including phenoxy) is 4. The fourth-order valence-corrected chi connectivity index (χ4v) is 3.86. The number of benzene rings is 4. The van der Waals surface area contributed by atoms with Crippen LogP contribution in [0.25, 0.3) is 0 Å². The fraction of sp³-hybridized carbons (Fsp3) is 0.167. The molecule has 0 saturated carbocycles. The van der Waals surface area contributed by atoms with E-state index >= 15 is 0 Å². The third kappa shape index (κ3) is 8.25. The van der Waals surface area contributed by atoms with E-state index in [1.54, 1.807) is 0 Å². The molecule has 43 heavy (non-hydrogen) atoms. The second kappa shape index (κ2) is 15.5. The van der Waals surface area contributed by atoms with Crippen LogP contribution in [0.3, 0.4) is 0 Å². The second-order valence-electron chi connectivity index (χ2n) is 8.67. The number of nitrogens with zero attached hydrogens (tertiary/aromatic N) is 2. The summed E-state index contributed by atoms with van der Waals surface area (Å²) in [5.74, 6) is -0.746. The smallest absolute Gasteiger partial charge is 0.283 e. The predicted octanol–water partition coefficient (Wildman–Crippen LogP) is 5.86. The molecule has 0 spiro atoms. The van der Waals surface area contributed by atoms with Crippen LogP contribution < -0.4 is 9.47 Å². The predicted molar refractivity (Wildman–Crippen MR) is 153 cm³/mol. The van der Waals surface area contributed by atoms with Gasteiger partial charge in [-0.2, -0.15) is 0 Å². The molecule has 13 nitrogen and oxygen atoms in total. The molecule has 4 aromatic rings. The van der Waals surface area contributed by atoms with E-state index in [0.29, 0.717) is 0 Å². The maximum Gasteiger partial charge on any atom is 0.283 e. The van der Waals surface area contributed by atoms with Crippen molar-refractivity contribution in [1.82, 2.24) is 0 Å². The van der Waals surface area contributed by atoms with Crippen molar-refractivity contribution >= 4 is 17.7 Å². The van der Waals surface area contributed by atoms with Gasteiger partial charge < -0.3 is 29.2 Å². The minimum Gasteiger partial charge on any atom is -0.504 e. The molecule has 224 valence electrons. The summed E-state index contributed by atoms with van der Waals surface area (Å²) in [6.45, 7) is 0.404. The number of methoxy groups -OCH3 is 2. The first-order valence-corrected chi connectivity index (χ1v) is 12.6. The maximum atomic E-state index is 11.1. The highest BCUT2D eigenvalue weighted by atomic mass is 16.7. The molecule has 4 aromatic carbocycles. The average Bonchev–Trinajstić information content (AvgIpc) is 3.02. The molecule has 0 unspecified atom stereocenters. The SMILES string of the molecule is COC(OC)c1c([N+](=O)[O-])ccc(OCc2ccccc2)c1O.O=Cc1c([N+](=O)[O-])ccc(OCc2ccccc2)c1O. The third-order valence-electron chi connectivity index (χ3n) is 5.96. The largest absolute Gasteiger partial charge is 0.504 e. The number of rotatable bonds is 12. The molecule has 13 heteroatoms. The lowest BCUT2D eigenvalue weighted by Crippen LogP contribution is -2.08. The zero-order chi connectivity index (χ0) is 31.4. The standard InChI is InChI=1S/C16H17NO6.C14H11NO5/c1-21-16(22-2)14-12(17(19)20)8-9-13(15(14)18)23-10-11-6-4-3-5-7-11;16-8-11-12(15(18)19)6-7-13(14(11)17)20-9-10-4-2-1-3-5-10/h3-9,16,18H,10H2,1-2H3;1-8,17H,9H2. The monoisotopic (exact) mass is 592 g/mol. The Morgan fingerprint density at radius 1 is 0.698 bits per heavy atom. The number of carbonyl (C=O) groups excluding carboxylic acids is 1. The van der Waals surface area contributed by atoms with Crippen molar-refractivity contribution in [1.29, 1.82) is 0 Å². The molecular formula is C30H28N2O11. The first-order chi connectivity index (χ1) is 20.7. The van der Waals surface area contributed by atoms with E-state index in [4.69, 9.17) is 18.9 Å². The van der Waals surface area contributed by atoms with Crippen molar-refractivity contribution < 1.29 is 43.8 Å². The fourth-order valence-electron chi connectivity index (χ4n) is 3.86. The van der Waals surface area contributed by atoms with Crippen LogP contribution >= 0.6 is 0 Å². The third-order valence-corrected chi connectivity index (χ3v) is 5.96. The second-order valence-corrected chi connectivity index (χ2v) is 8.67. The van der Waals surface area contributed by atoms with E-state index in [1.807, 2.05) is 60.7 Å². The Kier molecular flexibility index (Phi) is 11.5. The van der Waals surface area contributed by atoms with Crippen LogP contribution in [0.15, 0.2) is 84.9 Å². The highest BCUT2D eigenvalue weighted by Gasteiger charge is 2.29. The Morgan fingerprint density at radius 3 is 1.56 bits per heavy atom. The van der Waals surface area contributed by atoms with Gasteiger partial charge >= 0.3 is 0 Å². The number of nitro groups is 2. The zero-order valence-electron chi connectivity index (χ0n) is 23.1. The number of carbonyl (C=O) groups is 1. The minimum absolute atomic E-state index is 0.0292. The van der Waals surface area contributed by atoms with E-state index in [1.165, 1.54) is 32.4 Å². The molecule has 0 saturated heterocycles. The van der Waals surface area contributed by atoms with Crippen molar-refractivity contribution in [3.05, 3.63) is 127 Å². The molecular weight excluding hydrogens is 564 g/mol. The van der Waals surface area contributed by atoms with Crippen molar-refractivity contribution in [2.75, 3.05) is 14.2 Å². The van der Waals surface area contributed by atoms with Gasteiger partial charge in [-0.1, -0.05) is 60.7 Å². The lowest BCUT2D eigenvalue weighted by molar-refractivity contribution is -0.387. The summed E-state index contributed by atoms with van der Waals surface area (Å²) in [7, 11) is 2.66. The van der Waals surface area contributed by atoms with E-state index in [2.05, 4.69) is 0 Å². The Morgan fingerprint density at radius 2 is 1.14 bits per heavy atom. The number of phenolic OH excluding ortho intramolecular Hbond substituents is 2. The lowest BCUT2D eigenvalue weighted by atomic mass is 10.1. The van der Waals surface area contributed by atoms with Gasteiger partial charge in [0.2, 0.25) is 0 Å². The van der Waals surface area contributed by atoms with Crippen molar-refractivity contribution in [3.63, 3.8) is 0 Å². The number of hydrogen-bond donors (Lipinski definition) is 2. The van der Waals surface area contributed by atoms with Crippen molar-refractivity contribution in [2.24, 2.45) is 0 Å². The molecule has 0 fully saturated rings. The van der Waals surface area contributed by atoms with E-state index in [-0.39, 0.29) is 53.6 Å². The number of aldehydes is 1. The molecule has 0 atom stereocenters. The Labute approximate surface area is 245 Å². The van der Waals surface area contributed by atoms with Crippen LogP contribution in [0.4, 0.5) is 11.4 Å². The van der Waals surface area contributed by atoms with Gasteiger partial charge in [0.1, 0.15) is 24.3 Å². The number of phenols is 2. The summed E-state index contributed by atoms with van der Waals surface area (Å²) in [6.07, 6.45) is -0.835. The highest BCUT2D eigenvalue weighted by Crippen LogP contribution is 2.42. The molecule has 0 aliphatic rings. The topological polar surface area (TPSA) is 181 Å². The van der Waals surface area contributed by atoms with Gasteiger partial charge in [0, 0.05) is 26.4 Å². The molecule has 0 aliphatic heterocycles. The van der Waals surface area contributed by atoms with Crippen LogP contribution in [-0.4, -0.2) is 40.6 Å². The van der Waals surface area contributed by atoms with Gasteiger partial charge in [0.25, 0.3) is 11.4 Å². The van der Waals surface area contributed by atoms with Gasteiger partial charge in [-0.05, 0) is 23.3 Å². The minimum atomic E-state index is -1.07. The quantitative estimate of drug-likeness (QED) is 0.0870. The Hall–Kier alpha value is -5.53. The lowest BCUT2D eigenvalue weighted by Gasteiger charge is -2.17. The van der Waals surface area contributed by atoms with Crippen LogP contribution in [0.5, 0.6) is 23.0 Å². The summed E-state index contributed by atoms with van der Waals surface area (Å²) < 4.78 is 21.0. The number of hydrogen-bond acceptors (Lipinski definition) is 11. The Balaban J connectivity index is 0.000000238. The molecule has 0 amide bonds. The van der Waals surface area contributed by atoms with Crippen LogP contribution in [0.2, 0.25) is 0 Å². The number of aromatic hydroxyl groups is 2. The Bertz CT molecular complexity index is 1540. The average molecular weight is 593 g/mol. The van der Waals surface area contributed by atoms with Gasteiger partial charge in [-0.15, -0.1) is 0 Å². The van der Waals surface area contributed by atoms with E-state index in [9.17, 15) is 35.2 Å². The summed E-state index contributed by atoms with van der Waals surface area (Å²) >= 11 is 0. The highest BCUT2D eigenvalue weighted by molar-refractivity contribution is 5.87. The van der Waals surface area contributed by atoms with Gasteiger partial charge in [0.05, 0.1) is 9.85 Å². The van der Waals surface area contributed by atoms with Crippen molar-refractivity contribution in [3.8, 4) is 23.0 Å².